The van der Waals surface area contributed by atoms with Crippen LogP contribution in [0.1, 0.15) is 6.42 Å². The fraction of sp³-hybridized carbons (Fsp3) is 0.125. The summed E-state index contributed by atoms with van der Waals surface area (Å²) >= 11 is 0. The van der Waals surface area contributed by atoms with E-state index in [1.807, 2.05) is 0 Å². The first kappa shape index (κ1) is 14.1. The van der Waals surface area contributed by atoms with Crippen molar-refractivity contribution in [3.8, 4) is 5.75 Å². The molecule has 0 aliphatic rings. The van der Waals surface area contributed by atoms with E-state index < -0.39 is 17.5 Å². The molecule has 0 unspecified atom stereocenters. The molecule has 0 spiro atoms. The summed E-state index contributed by atoms with van der Waals surface area (Å²) in [5.74, 6) is -1.17. The lowest BCUT2D eigenvalue weighted by molar-refractivity contribution is -0.134. The molecule has 0 saturated heterocycles. The number of rotatable bonds is 4. The molecule has 0 radical (unpaired) electrons. The highest BCUT2D eigenvalue weighted by Gasteiger charge is 2.11. The van der Waals surface area contributed by atoms with E-state index in [4.69, 9.17) is 9.15 Å². The summed E-state index contributed by atoms with van der Waals surface area (Å²) in [5.41, 5.74) is 1.10. The molecule has 0 aliphatic carbocycles. The van der Waals surface area contributed by atoms with Crippen molar-refractivity contribution in [1.82, 2.24) is 4.57 Å². The Morgan fingerprint density at radius 2 is 1.86 bits per heavy atom. The first-order valence-electron chi connectivity index (χ1n) is 6.68. The lowest BCUT2D eigenvalue weighted by Crippen LogP contribution is -2.18. The SMILES string of the molecule is O=C(CCn1c(=O)oc2ccccc21)Oc1ccc(F)cc1. The molecule has 0 aliphatic heterocycles. The van der Waals surface area contributed by atoms with Crippen LogP contribution in [0.4, 0.5) is 4.39 Å². The molecule has 3 rings (SSSR count). The highest BCUT2D eigenvalue weighted by Crippen LogP contribution is 2.14. The molecule has 0 saturated carbocycles. The van der Waals surface area contributed by atoms with Gasteiger partial charge in [-0.25, -0.2) is 9.18 Å². The summed E-state index contributed by atoms with van der Waals surface area (Å²) in [6, 6.07) is 12.1. The number of aromatic nitrogens is 1. The van der Waals surface area contributed by atoms with Gasteiger partial charge in [-0.2, -0.15) is 0 Å². The Morgan fingerprint density at radius 1 is 1.14 bits per heavy atom. The molecule has 6 heteroatoms. The standard InChI is InChI=1S/C16H12FNO4/c17-11-5-7-12(8-6-11)21-15(19)9-10-18-13-3-1-2-4-14(13)22-16(18)20/h1-8H,9-10H2. The maximum Gasteiger partial charge on any atom is 0.419 e. The number of halogens is 1. The topological polar surface area (TPSA) is 61.4 Å². The van der Waals surface area contributed by atoms with Crippen molar-refractivity contribution in [3.63, 3.8) is 0 Å². The van der Waals surface area contributed by atoms with Gasteiger partial charge >= 0.3 is 11.7 Å². The number of hydrogen-bond acceptors (Lipinski definition) is 4. The van der Waals surface area contributed by atoms with E-state index in [0.717, 1.165) is 0 Å². The molecule has 0 bridgehead atoms. The van der Waals surface area contributed by atoms with Crippen molar-refractivity contribution in [3.05, 3.63) is 64.9 Å². The number of oxazole rings is 1. The van der Waals surface area contributed by atoms with Crippen LogP contribution >= 0.6 is 0 Å². The maximum atomic E-state index is 12.8. The van der Waals surface area contributed by atoms with E-state index in [2.05, 4.69) is 0 Å². The largest absolute Gasteiger partial charge is 0.426 e. The Hall–Kier alpha value is -2.89. The zero-order valence-corrected chi connectivity index (χ0v) is 11.5. The van der Waals surface area contributed by atoms with E-state index in [1.165, 1.54) is 28.8 Å². The molecular weight excluding hydrogens is 289 g/mol. The monoisotopic (exact) mass is 301 g/mol. The molecule has 2 aromatic carbocycles. The minimum atomic E-state index is -0.518. The number of carbonyl (C=O) groups is 1. The fourth-order valence-electron chi connectivity index (χ4n) is 2.11. The molecule has 22 heavy (non-hydrogen) atoms. The third-order valence-electron chi connectivity index (χ3n) is 3.16. The molecule has 0 atom stereocenters. The van der Waals surface area contributed by atoms with Crippen LogP contribution < -0.4 is 10.5 Å². The van der Waals surface area contributed by atoms with Crippen LogP contribution in [0.3, 0.4) is 0 Å². The van der Waals surface area contributed by atoms with Gasteiger partial charge in [0.2, 0.25) is 0 Å². The molecule has 0 amide bonds. The van der Waals surface area contributed by atoms with Gasteiger partial charge in [-0.1, -0.05) is 12.1 Å². The third-order valence-corrected chi connectivity index (χ3v) is 3.16. The van der Waals surface area contributed by atoms with Crippen LogP contribution in [0, 0.1) is 5.82 Å². The van der Waals surface area contributed by atoms with Gasteiger partial charge in [0.25, 0.3) is 0 Å². The van der Waals surface area contributed by atoms with Crippen molar-refractivity contribution in [2.24, 2.45) is 0 Å². The summed E-state index contributed by atoms with van der Waals surface area (Å²) in [6.45, 7) is 0.149. The predicted octanol–water partition coefficient (Wildman–Crippen LogP) is 2.73. The second-order valence-electron chi connectivity index (χ2n) is 4.67. The van der Waals surface area contributed by atoms with E-state index in [1.54, 1.807) is 24.3 Å². The number of fused-ring (bicyclic) bond motifs is 1. The van der Waals surface area contributed by atoms with Crippen LogP contribution in [-0.2, 0) is 11.3 Å². The summed E-state index contributed by atoms with van der Waals surface area (Å²) < 4.78 is 24.3. The van der Waals surface area contributed by atoms with Gasteiger partial charge in [0.1, 0.15) is 11.6 Å². The lowest BCUT2D eigenvalue weighted by Gasteiger charge is -2.04. The quantitative estimate of drug-likeness (QED) is 0.549. The predicted molar refractivity (Wildman–Crippen MR) is 77.1 cm³/mol. The van der Waals surface area contributed by atoms with Gasteiger partial charge < -0.3 is 9.15 Å². The van der Waals surface area contributed by atoms with E-state index in [0.29, 0.717) is 11.1 Å². The second kappa shape index (κ2) is 5.85. The van der Waals surface area contributed by atoms with Crippen molar-refractivity contribution in [1.29, 1.82) is 0 Å². The van der Waals surface area contributed by atoms with Crippen molar-refractivity contribution in [2.45, 2.75) is 13.0 Å². The number of esters is 1. The number of benzene rings is 2. The van der Waals surface area contributed by atoms with Gasteiger partial charge in [0, 0.05) is 6.54 Å². The maximum absolute atomic E-state index is 12.8. The number of hydrogen-bond donors (Lipinski definition) is 0. The van der Waals surface area contributed by atoms with E-state index in [9.17, 15) is 14.0 Å². The number of para-hydroxylation sites is 2. The molecule has 5 nitrogen and oxygen atoms in total. The van der Waals surface area contributed by atoms with Gasteiger partial charge in [-0.15, -0.1) is 0 Å². The zero-order chi connectivity index (χ0) is 15.5. The number of nitrogens with zero attached hydrogens (tertiary/aromatic N) is 1. The zero-order valence-electron chi connectivity index (χ0n) is 11.5. The average Bonchev–Trinajstić information content (AvgIpc) is 2.83. The normalized spacial score (nSPS) is 10.8. The minimum Gasteiger partial charge on any atom is -0.426 e. The molecule has 0 N–H and O–H groups in total. The first-order valence-corrected chi connectivity index (χ1v) is 6.68. The van der Waals surface area contributed by atoms with Crippen LogP contribution in [0.5, 0.6) is 5.75 Å². The Kier molecular flexibility index (Phi) is 3.74. The van der Waals surface area contributed by atoms with Crippen molar-refractivity contribution in [2.75, 3.05) is 0 Å². The summed E-state index contributed by atoms with van der Waals surface area (Å²) in [6.07, 6.45) is 0.000804. The van der Waals surface area contributed by atoms with Gasteiger partial charge in [0.05, 0.1) is 11.9 Å². The Morgan fingerprint density at radius 3 is 2.64 bits per heavy atom. The average molecular weight is 301 g/mol. The lowest BCUT2D eigenvalue weighted by atomic mass is 10.3. The highest BCUT2D eigenvalue weighted by atomic mass is 19.1. The minimum absolute atomic E-state index is 0.000804. The molecule has 3 aromatic rings. The first-order chi connectivity index (χ1) is 10.6. The Bertz CT molecular complexity index is 864. The number of carbonyl (C=O) groups excluding carboxylic acids is 1. The van der Waals surface area contributed by atoms with Gasteiger partial charge in [-0.05, 0) is 36.4 Å². The van der Waals surface area contributed by atoms with E-state index in [-0.39, 0.29) is 18.7 Å². The van der Waals surface area contributed by atoms with Gasteiger partial charge in [-0.3, -0.25) is 9.36 Å². The third kappa shape index (κ3) is 2.90. The Labute approximate surface area is 124 Å². The van der Waals surface area contributed by atoms with Crippen LogP contribution in [-0.4, -0.2) is 10.5 Å². The molecule has 1 heterocycles. The summed E-state index contributed by atoms with van der Waals surface area (Å²) in [5, 5.41) is 0. The molecule has 112 valence electrons. The Balaban J connectivity index is 1.68. The fourth-order valence-corrected chi connectivity index (χ4v) is 2.11. The van der Waals surface area contributed by atoms with Crippen molar-refractivity contribution >= 4 is 17.1 Å². The van der Waals surface area contributed by atoms with Crippen LogP contribution in [0.25, 0.3) is 11.1 Å². The van der Waals surface area contributed by atoms with Crippen LogP contribution in [0.2, 0.25) is 0 Å². The molecular formula is C16H12FNO4. The molecule has 1 aromatic heterocycles. The van der Waals surface area contributed by atoms with Crippen molar-refractivity contribution < 1.29 is 18.3 Å². The summed E-state index contributed by atoms with van der Waals surface area (Å²) in [4.78, 5) is 23.5. The number of aryl methyl sites for hydroxylation is 1. The number of ether oxygens (including phenoxy) is 1. The van der Waals surface area contributed by atoms with E-state index >= 15 is 0 Å². The summed E-state index contributed by atoms with van der Waals surface area (Å²) in [7, 11) is 0. The van der Waals surface area contributed by atoms with Crippen LogP contribution in [0.15, 0.2) is 57.7 Å². The second-order valence-corrected chi connectivity index (χ2v) is 4.67. The van der Waals surface area contributed by atoms with Gasteiger partial charge in [0.15, 0.2) is 5.58 Å². The molecule has 0 fully saturated rings. The smallest absolute Gasteiger partial charge is 0.419 e. The highest BCUT2D eigenvalue weighted by molar-refractivity contribution is 5.74.